The fourth-order valence-corrected chi connectivity index (χ4v) is 2.52. The average Bonchev–Trinajstić information content (AvgIpc) is 3.05. The molecule has 3 aromatic rings. The molecule has 0 aliphatic carbocycles. The highest BCUT2D eigenvalue weighted by atomic mass is 16.7. The Morgan fingerprint density at radius 2 is 1.78 bits per heavy atom. The van der Waals surface area contributed by atoms with Gasteiger partial charge in [0.15, 0.2) is 18.3 Å². The van der Waals surface area contributed by atoms with Crippen molar-refractivity contribution in [2.75, 3.05) is 20.7 Å². The van der Waals surface area contributed by atoms with Crippen LogP contribution in [-0.4, -0.2) is 25.7 Å². The summed E-state index contributed by atoms with van der Waals surface area (Å²) in [6, 6.07) is 15.7. The molecule has 2 aromatic carbocycles. The third-order valence-electron chi connectivity index (χ3n) is 3.68. The van der Waals surface area contributed by atoms with Crippen LogP contribution >= 0.6 is 0 Å². The van der Waals surface area contributed by atoms with Crippen molar-refractivity contribution in [3.05, 3.63) is 48.5 Å². The molecule has 1 aliphatic heterocycles. The van der Waals surface area contributed by atoms with Crippen molar-refractivity contribution < 1.29 is 18.9 Å². The van der Waals surface area contributed by atoms with E-state index in [-0.39, 0.29) is 13.6 Å². The summed E-state index contributed by atoms with van der Waals surface area (Å²) in [5.74, 6) is 2.27. The molecular formula is C18H15NO4. The first kappa shape index (κ1) is 13.8. The monoisotopic (exact) mass is 309 g/mol. The standard InChI is InChI=1S/C18H15NO4/c1-20-10-21-14-5-2-12(3-6-14)15-7-4-13-8-17-18(23-11-22-17)9-16(13)19-15/h2-9H,10-11H2,1H3. The Kier molecular flexibility index (Phi) is 3.48. The van der Waals surface area contributed by atoms with Gasteiger partial charge in [0.05, 0.1) is 11.2 Å². The fourth-order valence-electron chi connectivity index (χ4n) is 2.52. The van der Waals surface area contributed by atoms with E-state index >= 15 is 0 Å². The molecule has 0 radical (unpaired) electrons. The lowest BCUT2D eigenvalue weighted by Gasteiger charge is -2.07. The van der Waals surface area contributed by atoms with Gasteiger partial charge in [-0.05, 0) is 36.4 Å². The van der Waals surface area contributed by atoms with Gasteiger partial charge in [-0.1, -0.05) is 6.07 Å². The Bertz CT molecular complexity index is 846. The minimum absolute atomic E-state index is 0.237. The number of rotatable bonds is 4. The predicted octanol–water partition coefficient (Wildman–Crippen LogP) is 3.61. The molecular weight excluding hydrogens is 294 g/mol. The smallest absolute Gasteiger partial charge is 0.231 e. The summed E-state index contributed by atoms with van der Waals surface area (Å²) in [4.78, 5) is 4.71. The van der Waals surface area contributed by atoms with Gasteiger partial charge in [0, 0.05) is 24.1 Å². The lowest BCUT2D eigenvalue weighted by molar-refractivity contribution is 0.0511. The van der Waals surface area contributed by atoms with Crippen LogP contribution in [0.5, 0.6) is 17.2 Å². The van der Waals surface area contributed by atoms with Crippen molar-refractivity contribution in [3.63, 3.8) is 0 Å². The van der Waals surface area contributed by atoms with Gasteiger partial charge < -0.3 is 18.9 Å². The van der Waals surface area contributed by atoms with E-state index in [1.807, 2.05) is 48.5 Å². The van der Waals surface area contributed by atoms with Crippen LogP contribution in [0.3, 0.4) is 0 Å². The summed E-state index contributed by atoms with van der Waals surface area (Å²) < 4.78 is 21.1. The lowest BCUT2D eigenvalue weighted by Crippen LogP contribution is -1.98. The maximum absolute atomic E-state index is 5.41. The van der Waals surface area contributed by atoms with Gasteiger partial charge in [-0.15, -0.1) is 0 Å². The lowest BCUT2D eigenvalue weighted by atomic mass is 10.1. The summed E-state index contributed by atoms with van der Waals surface area (Å²) in [7, 11) is 1.60. The van der Waals surface area contributed by atoms with E-state index < -0.39 is 0 Å². The molecule has 0 saturated heterocycles. The average molecular weight is 309 g/mol. The Morgan fingerprint density at radius 1 is 1.00 bits per heavy atom. The number of hydrogen-bond donors (Lipinski definition) is 0. The SMILES string of the molecule is COCOc1ccc(-c2ccc3cc4c(cc3n2)OCO4)cc1. The molecule has 0 saturated carbocycles. The van der Waals surface area contributed by atoms with Crippen LogP contribution in [0.25, 0.3) is 22.2 Å². The number of ether oxygens (including phenoxy) is 4. The summed E-state index contributed by atoms with van der Waals surface area (Å²) in [6.07, 6.45) is 0. The van der Waals surface area contributed by atoms with Crippen LogP contribution in [0.15, 0.2) is 48.5 Å². The number of aromatic nitrogens is 1. The largest absolute Gasteiger partial charge is 0.468 e. The molecule has 0 fully saturated rings. The minimum Gasteiger partial charge on any atom is -0.468 e. The van der Waals surface area contributed by atoms with Crippen molar-refractivity contribution in [1.82, 2.24) is 4.98 Å². The van der Waals surface area contributed by atoms with Crippen LogP contribution in [0.1, 0.15) is 0 Å². The summed E-state index contributed by atoms with van der Waals surface area (Å²) in [5, 5.41) is 1.03. The van der Waals surface area contributed by atoms with Crippen LogP contribution in [0, 0.1) is 0 Å². The van der Waals surface area contributed by atoms with Gasteiger partial charge in [0.1, 0.15) is 5.75 Å². The maximum atomic E-state index is 5.41. The Hall–Kier alpha value is -2.79. The first-order chi connectivity index (χ1) is 11.3. The van der Waals surface area contributed by atoms with Crippen LogP contribution in [-0.2, 0) is 4.74 Å². The van der Waals surface area contributed by atoms with Crippen molar-refractivity contribution in [2.24, 2.45) is 0 Å². The highest BCUT2D eigenvalue weighted by molar-refractivity contribution is 5.85. The maximum Gasteiger partial charge on any atom is 0.231 e. The molecule has 0 unspecified atom stereocenters. The molecule has 0 N–H and O–H groups in total. The van der Waals surface area contributed by atoms with Crippen LogP contribution < -0.4 is 14.2 Å². The van der Waals surface area contributed by atoms with E-state index in [0.717, 1.165) is 39.4 Å². The van der Waals surface area contributed by atoms with Crippen molar-refractivity contribution >= 4 is 10.9 Å². The number of hydrogen-bond acceptors (Lipinski definition) is 5. The zero-order valence-electron chi connectivity index (χ0n) is 12.6. The number of pyridine rings is 1. The second-order valence-corrected chi connectivity index (χ2v) is 5.17. The van der Waals surface area contributed by atoms with Gasteiger partial charge in [0.2, 0.25) is 6.79 Å². The Balaban J connectivity index is 1.67. The van der Waals surface area contributed by atoms with Gasteiger partial charge in [-0.2, -0.15) is 0 Å². The molecule has 4 rings (SSSR count). The topological polar surface area (TPSA) is 49.8 Å². The van der Waals surface area contributed by atoms with E-state index in [2.05, 4.69) is 0 Å². The van der Waals surface area contributed by atoms with E-state index in [1.165, 1.54) is 0 Å². The molecule has 23 heavy (non-hydrogen) atoms. The van der Waals surface area contributed by atoms with Gasteiger partial charge in [0.25, 0.3) is 0 Å². The van der Waals surface area contributed by atoms with Crippen LogP contribution in [0.2, 0.25) is 0 Å². The van der Waals surface area contributed by atoms with Gasteiger partial charge in [-0.3, -0.25) is 0 Å². The van der Waals surface area contributed by atoms with E-state index in [4.69, 9.17) is 23.9 Å². The first-order valence-electron chi connectivity index (χ1n) is 7.26. The zero-order valence-corrected chi connectivity index (χ0v) is 12.6. The predicted molar refractivity (Wildman–Crippen MR) is 85.8 cm³/mol. The molecule has 0 amide bonds. The van der Waals surface area contributed by atoms with E-state index in [0.29, 0.717) is 0 Å². The molecule has 1 aromatic heterocycles. The van der Waals surface area contributed by atoms with Gasteiger partial charge in [-0.25, -0.2) is 4.98 Å². The second kappa shape index (κ2) is 5.78. The summed E-state index contributed by atoms with van der Waals surface area (Å²) in [5.41, 5.74) is 2.80. The second-order valence-electron chi connectivity index (χ2n) is 5.17. The molecule has 1 aliphatic rings. The number of methoxy groups -OCH3 is 1. The third-order valence-corrected chi connectivity index (χ3v) is 3.68. The summed E-state index contributed by atoms with van der Waals surface area (Å²) >= 11 is 0. The molecule has 0 bridgehead atoms. The number of nitrogens with zero attached hydrogens (tertiary/aromatic N) is 1. The first-order valence-corrected chi connectivity index (χ1v) is 7.26. The van der Waals surface area contributed by atoms with Gasteiger partial charge >= 0.3 is 0 Å². The Labute approximate surface area is 133 Å². The molecule has 0 spiro atoms. The fraction of sp³-hybridized carbons (Fsp3) is 0.167. The number of fused-ring (bicyclic) bond motifs is 2. The minimum atomic E-state index is 0.237. The molecule has 5 heteroatoms. The van der Waals surface area contributed by atoms with Crippen molar-refractivity contribution in [3.8, 4) is 28.5 Å². The van der Waals surface area contributed by atoms with E-state index in [1.54, 1.807) is 7.11 Å². The molecule has 2 heterocycles. The van der Waals surface area contributed by atoms with Crippen molar-refractivity contribution in [2.45, 2.75) is 0 Å². The van der Waals surface area contributed by atoms with Crippen molar-refractivity contribution in [1.29, 1.82) is 0 Å². The highest BCUT2D eigenvalue weighted by Gasteiger charge is 2.15. The molecule has 116 valence electrons. The quantitative estimate of drug-likeness (QED) is 0.689. The zero-order chi connectivity index (χ0) is 15.6. The van der Waals surface area contributed by atoms with Crippen LogP contribution in [0.4, 0.5) is 0 Å². The Morgan fingerprint density at radius 3 is 2.57 bits per heavy atom. The van der Waals surface area contributed by atoms with E-state index in [9.17, 15) is 0 Å². The normalized spacial score (nSPS) is 12.6. The highest BCUT2D eigenvalue weighted by Crippen LogP contribution is 2.36. The summed E-state index contributed by atoms with van der Waals surface area (Å²) in [6.45, 7) is 0.502. The number of benzene rings is 2. The molecule has 0 atom stereocenters. The molecule has 5 nitrogen and oxygen atoms in total. The third kappa shape index (κ3) is 2.66.